The molecule has 0 bridgehead atoms. The zero-order valence-electron chi connectivity index (χ0n) is 26.4. The number of aliphatic hydroxyl groups excluding tert-OH is 1. The van der Waals surface area contributed by atoms with E-state index in [9.17, 15) is 29.7 Å². The van der Waals surface area contributed by atoms with Gasteiger partial charge in [-0.3, -0.25) is 14.4 Å². The van der Waals surface area contributed by atoms with Crippen LogP contribution in [0.2, 0.25) is 0 Å². The second-order valence-corrected chi connectivity index (χ2v) is 13.1. The first-order valence-electron chi connectivity index (χ1n) is 15.4. The van der Waals surface area contributed by atoms with Crippen molar-refractivity contribution in [1.82, 2.24) is 20.9 Å². The van der Waals surface area contributed by atoms with Gasteiger partial charge >= 0.3 is 11.9 Å². The molecule has 1 amide bonds. The van der Waals surface area contributed by atoms with Crippen LogP contribution >= 0.6 is 12.6 Å². The van der Waals surface area contributed by atoms with Crippen LogP contribution in [0.3, 0.4) is 0 Å². The molecule has 3 aliphatic heterocycles. The summed E-state index contributed by atoms with van der Waals surface area (Å²) in [5.41, 5.74) is 8.96. The van der Waals surface area contributed by atoms with Crippen molar-refractivity contribution in [3.63, 3.8) is 0 Å². The van der Waals surface area contributed by atoms with E-state index in [0.29, 0.717) is 31.3 Å². The molecule has 3 aliphatic rings. The van der Waals surface area contributed by atoms with E-state index in [1.54, 1.807) is 0 Å². The molecule has 7 N–H and O–H groups in total. The van der Waals surface area contributed by atoms with Gasteiger partial charge in [0.25, 0.3) is 0 Å². The van der Waals surface area contributed by atoms with Crippen LogP contribution in [0.4, 0.5) is 0 Å². The van der Waals surface area contributed by atoms with Crippen molar-refractivity contribution < 1.29 is 29.7 Å². The lowest BCUT2D eigenvalue weighted by Gasteiger charge is -2.23. The van der Waals surface area contributed by atoms with Crippen LogP contribution in [0.1, 0.15) is 89.2 Å². The van der Waals surface area contributed by atoms with E-state index in [0.717, 1.165) is 56.9 Å². The van der Waals surface area contributed by atoms with E-state index in [4.69, 9.17) is 0 Å². The van der Waals surface area contributed by atoms with Crippen LogP contribution < -0.4 is 16.0 Å². The van der Waals surface area contributed by atoms with Gasteiger partial charge in [0.2, 0.25) is 5.91 Å². The summed E-state index contributed by atoms with van der Waals surface area (Å²) in [7, 11) is 0. The second-order valence-electron chi connectivity index (χ2n) is 12.3. The average Bonchev–Trinajstić information content (AvgIpc) is 3.59. The fourth-order valence-corrected chi connectivity index (χ4v) is 7.41. The molecule has 11 heteroatoms. The van der Waals surface area contributed by atoms with Gasteiger partial charge in [0.1, 0.15) is 0 Å². The van der Waals surface area contributed by atoms with E-state index >= 15 is 0 Å². The van der Waals surface area contributed by atoms with Gasteiger partial charge in [-0.15, -0.1) is 0 Å². The van der Waals surface area contributed by atoms with Crippen molar-refractivity contribution in [2.24, 2.45) is 5.92 Å². The van der Waals surface area contributed by atoms with E-state index in [1.165, 1.54) is 0 Å². The molecule has 0 fully saturated rings. The molecule has 0 saturated heterocycles. The number of carbonyl (C=O) groups is 3. The number of thiol groups is 1. The summed E-state index contributed by atoms with van der Waals surface area (Å²) in [5, 5.41) is 39.2. The number of carbonyl (C=O) groups excluding carboxylic acids is 1. The number of aliphatic hydroxyl groups is 1. The van der Waals surface area contributed by atoms with Crippen molar-refractivity contribution in [3.05, 3.63) is 62.0 Å². The third-order valence-electron chi connectivity index (χ3n) is 9.60. The number of carboxylic acids is 2. The first-order chi connectivity index (χ1) is 20.7. The van der Waals surface area contributed by atoms with E-state index < -0.39 is 11.9 Å². The number of nitrogens with one attached hydrogen (secondary N) is 4. The standard InChI is InChI=1S/C33H46N4O6S/c1-7-20-15(2)25(36-33(20)43)12-23-16(3)21(8-10-29(38)39)26(34-23)14-27-22(9-11-30(40)41)17(4)24(35-27)13-28-31(19(6)44)18(5)32(42)37-28/h14-15,19,23,25,28,34-36,43-44H,7-13H2,1-6H3,(H,37,42)(H,38,39)(H,40,41)/b26-14-/t15?,19-,23?,25+,28-/m0/s1. The molecule has 1 aromatic rings. The lowest BCUT2D eigenvalue weighted by Crippen LogP contribution is -2.36. The van der Waals surface area contributed by atoms with Crippen molar-refractivity contribution in [3.8, 4) is 0 Å². The summed E-state index contributed by atoms with van der Waals surface area (Å²) in [6.07, 6.45) is 4.57. The normalized spacial score (nSPS) is 25.2. The monoisotopic (exact) mass is 626 g/mol. The van der Waals surface area contributed by atoms with Crippen molar-refractivity contribution >= 4 is 36.6 Å². The van der Waals surface area contributed by atoms with Gasteiger partial charge in [0.15, 0.2) is 5.88 Å². The Morgan fingerprint density at radius 1 is 1.02 bits per heavy atom. The molecule has 1 aromatic heterocycles. The van der Waals surface area contributed by atoms with Crippen molar-refractivity contribution in [2.45, 2.75) is 110 Å². The number of aromatic amines is 1. The van der Waals surface area contributed by atoms with Crippen LogP contribution in [0.25, 0.3) is 6.08 Å². The summed E-state index contributed by atoms with van der Waals surface area (Å²) >= 11 is 4.62. The minimum atomic E-state index is -0.892. The Kier molecular flexibility index (Phi) is 10.3. The van der Waals surface area contributed by atoms with Gasteiger partial charge in [-0.25, -0.2) is 0 Å². The van der Waals surface area contributed by atoms with Crippen molar-refractivity contribution in [2.75, 3.05) is 0 Å². The van der Waals surface area contributed by atoms with Gasteiger partial charge in [-0.2, -0.15) is 12.6 Å². The quantitative estimate of drug-likeness (QED) is 0.146. The molecule has 0 aromatic carbocycles. The maximum atomic E-state index is 12.5. The number of rotatable bonds is 13. The molecule has 0 radical (unpaired) electrons. The molecular formula is C33H46N4O6S. The fraction of sp³-hybridized carbons (Fsp3) is 0.545. The lowest BCUT2D eigenvalue weighted by atomic mass is 9.89. The maximum Gasteiger partial charge on any atom is 0.303 e. The number of carboxylic acid groups (broad SMARTS) is 2. The molecule has 44 heavy (non-hydrogen) atoms. The smallest absolute Gasteiger partial charge is 0.303 e. The molecule has 10 nitrogen and oxygen atoms in total. The molecule has 0 spiro atoms. The molecule has 4 rings (SSSR count). The topological polar surface area (TPSA) is 164 Å². The SMILES string of the molecule is CCC1=C(O)N[C@H](CC2N/C(=C\c3[nH]c(C[C@@H]4NC(=O)C(C)=C4[C@H](C)S)c(C)c3CCC(=O)O)C(CCC(=O)O)=C2C)C1C. The first kappa shape index (κ1) is 33.3. The third-order valence-corrected chi connectivity index (χ3v) is 9.88. The number of hydrogen-bond acceptors (Lipinski definition) is 7. The molecule has 240 valence electrons. The molecule has 4 heterocycles. The predicted molar refractivity (Wildman–Crippen MR) is 173 cm³/mol. The first-order valence-corrected chi connectivity index (χ1v) is 15.9. The summed E-state index contributed by atoms with van der Waals surface area (Å²) < 4.78 is 0. The Morgan fingerprint density at radius 3 is 2.27 bits per heavy atom. The lowest BCUT2D eigenvalue weighted by molar-refractivity contribution is -0.138. The fourth-order valence-electron chi connectivity index (χ4n) is 7.04. The summed E-state index contributed by atoms with van der Waals surface area (Å²) in [6, 6.07) is -0.251. The highest BCUT2D eigenvalue weighted by atomic mass is 32.1. The van der Waals surface area contributed by atoms with Gasteiger partial charge in [0.05, 0.1) is 6.04 Å². The molecular weight excluding hydrogens is 580 g/mol. The Labute approximate surface area is 264 Å². The molecule has 0 aliphatic carbocycles. The van der Waals surface area contributed by atoms with Crippen LogP contribution in [0, 0.1) is 12.8 Å². The van der Waals surface area contributed by atoms with Gasteiger partial charge < -0.3 is 36.3 Å². The number of amides is 1. The zero-order chi connectivity index (χ0) is 32.5. The summed E-state index contributed by atoms with van der Waals surface area (Å²) in [5.74, 6) is -1.45. The number of aromatic nitrogens is 1. The largest absolute Gasteiger partial charge is 0.495 e. The Hall–Kier alpha value is -3.60. The highest BCUT2D eigenvalue weighted by Crippen LogP contribution is 2.36. The molecule has 5 atom stereocenters. The summed E-state index contributed by atoms with van der Waals surface area (Å²) in [6.45, 7) is 11.9. The summed E-state index contributed by atoms with van der Waals surface area (Å²) in [4.78, 5) is 39.2. The number of hydrogen-bond donors (Lipinski definition) is 8. The number of H-pyrrole nitrogens is 1. The Balaban J connectivity index is 1.69. The maximum absolute atomic E-state index is 12.5. The highest BCUT2D eigenvalue weighted by molar-refractivity contribution is 7.81. The number of aliphatic carboxylic acids is 2. The second kappa shape index (κ2) is 13.6. The van der Waals surface area contributed by atoms with Crippen LogP contribution in [-0.2, 0) is 27.2 Å². The van der Waals surface area contributed by atoms with E-state index in [2.05, 4.69) is 40.5 Å². The van der Waals surface area contributed by atoms with Crippen LogP contribution in [0.15, 0.2) is 39.4 Å². The van der Waals surface area contributed by atoms with Crippen molar-refractivity contribution in [1.29, 1.82) is 0 Å². The van der Waals surface area contributed by atoms with Crippen LogP contribution in [0.5, 0.6) is 0 Å². The molecule has 2 unspecified atom stereocenters. The third kappa shape index (κ3) is 6.87. The predicted octanol–water partition coefficient (Wildman–Crippen LogP) is 4.69. The Bertz CT molecular complexity index is 1470. The average molecular weight is 627 g/mol. The van der Waals surface area contributed by atoms with E-state index in [1.807, 2.05) is 40.7 Å². The van der Waals surface area contributed by atoms with E-state index in [-0.39, 0.29) is 53.9 Å². The highest BCUT2D eigenvalue weighted by Gasteiger charge is 2.36. The molecule has 0 saturated carbocycles. The Morgan fingerprint density at radius 2 is 1.68 bits per heavy atom. The zero-order valence-corrected chi connectivity index (χ0v) is 27.3. The van der Waals surface area contributed by atoms with Gasteiger partial charge in [0, 0.05) is 65.2 Å². The van der Waals surface area contributed by atoms with Gasteiger partial charge in [-0.05, 0) is 92.9 Å². The minimum Gasteiger partial charge on any atom is -0.495 e. The van der Waals surface area contributed by atoms with Crippen LogP contribution in [-0.4, -0.2) is 61.5 Å². The minimum absolute atomic E-state index is 0.0164. The number of allylic oxidation sites excluding steroid dienone is 1. The van der Waals surface area contributed by atoms with Gasteiger partial charge in [-0.1, -0.05) is 13.8 Å².